The summed E-state index contributed by atoms with van der Waals surface area (Å²) < 4.78 is 6.83. The lowest BCUT2D eigenvalue weighted by Gasteiger charge is -2.11. The van der Waals surface area contributed by atoms with Crippen molar-refractivity contribution in [2.75, 3.05) is 11.9 Å². The van der Waals surface area contributed by atoms with Gasteiger partial charge in [-0.15, -0.1) is 0 Å². The van der Waals surface area contributed by atoms with Crippen LogP contribution < -0.4 is 10.1 Å². The summed E-state index contributed by atoms with van der Waals surface area (Å²) in [6.07, 6.45) is 0. The Balaban J connectivity index is 2.11. The summed E-state index contributed by atoms with van der Waals surface area (Å²) in [6.45, 7) is 5.20. The summed E-state index contributed by atoms with van der Waals surface area (Å²) in [5, 5.41) is 3.77. The van der Waals surface area contributed by atoms with Gasteiger partial charge in [-0.2, -0.15) is 0 Å². The maximum absolute atomic E-state index is 6.15. The van der Waals surface area contributed by atoms with Crippen LogP contribution in [-0.4, -0.2) is 11.5 Å². The highest BCUT2D eigenvalue weighted by atomic mass is 79.9. The van der Waals surface area contributed by atoms with Crippen molar-refractivity contribution in [1.82, 2.24) is 4.98 Å². The van der Waals surface area contributed by atoms with E-state index in [1.807, 2.05) is 44.2 Å². The molecule has 0 radical (unpaired) electrons. The summed E-state index contributed by atoms with van der Waals surface area (Å²) in [5.74, 6) is 1.64. The van der Waals surface area contributed by atoms with Gasteiger partial charge in [0.15, 0.2) is 0 Å². The first-order valence-corrected chi connectivity index (χ1v) is 7.55. The maximum Gasteiger partial charge on any atom is 0.132 e. The second-order valence-electron chi connectivity index (χ2n) is 4.35. The molecule has 0 fully saturated rings. The Hall–Kier alpha value is -1.26. The number of halogens is 2. The van der Waals surface area contributed by atoms with Crippen LogP contribution in [-0.2, 0) is 6.61 Å². The Kier molecular flexibility index (Phi) is 5.26. The van der Waals surface area contributed by atoms with E-state index < -0.39 is 0 Å². The Morgan fingerprint density at radius 3 is 2.80 bits per heavy atom. The van der Waals surface area contributed by atoms with Crippen molar-refractivity contribution in [3.63, 3.8) is 0 Å². The van der Waals surface area contributed by atoms with E-state index in [1.165, 1.54) is 0 Å². The Labute approximate surface area is 132 Å². The zero-order valence-electron chi connectivity index (χ0n) is 11.4. The molecule has 1 aromatic heterocycles. The van der Waals surface area contributed by atoms with E-state index in [0.717, 1.165) is 33.8 Å². The number of hydrogen-bond acceptors (Lipinski definition) is 3. The number of aromatic nitrogens is 1. The predicted molar refractivity (Wildman–Crippen MR) is 86.6 cm³/mol. The molecule has 1 aromatic carbocycles. The topological polar surface area (TPSA) is 34.1 Å². The monoisotopic (exact) mass is 354 g/mol. The number of benzene rings is 1. The Bertz CT molecular complexity index is 604. The van der Waals surface area contributed by atoms with E-state index in [4.69, 9.17) is 16.3 Å². The van der Waals surface area contributed by atoms with Crippen molar-refractivity contribution in [3.05, 3.63) is 51.1 Å². The van der Waals surface area contributed by atoms with Gasteiger partial charge in [-0.25, -0.2) is 4.98 Å². The van der Waals surface area contributed by atoms with Crippen molar-refractivity contribution < 1.29 is 4.74 Å². The molecule has 0 aliphatic carbocycles. The van der Waals surface area contributed by atoms with Crippen LogP contribution in [0, 0.1) is 6.92 Å². The normalized spacial score (nSPS) is 10.4. The standard InChI is InChI=1S/C15H16BrClN2O/c1-3-18-15-7-5-12(17)13(19-15)9-20-14-6-4-11(16)8-10(14)2/h4-8H,3,9H2,1-2H3,(H,18,19). The van der Waals surface area contributed by atoms with E-state index >= 15 is 0 Å². The summed E-state index contributed by atoms with van der Waals surface area (Å²) >= 11 is 9.58. The van der Waals surface area contributed by atoms with E-state index in [-0.39, 0.29) is 0 Å². The van der Waals surface area contributed by atoms with Gasteiger partial charge in [-0.05, 0) is 49.7 Å². The lowest BCUT2D eigenvalue weighted by atomic mass is 10.2. The molecule has 0 unspecified atom stereocenters. The first-order valence-electron chi connectivity index (χ1n) is 6.38. The number of pyridine rings is 1. The summed E-state index contributed by atoms with van der Waals surface area (Å²) in [4.78, 5) is 4.45. The zero-order chi connectivity index (χ0) is 14.5. The van der Waals surface area contributed by atoms with Crippen LogP contribution in [0.4, 0.5) is 5.82 Å². The van der Waals surface area contributed by atoms with Gasteiger partial charge in [0, 0.05) is 11.0 Å². The molecule has 1 N–H and O–H groups in total. The summed E-state index contributed by atoms with van der Waals surface area (Å²) in [5.41, 5.74) is 1.80. The van der Waals surface area contributed by atoms with Crippen molar-refractivity contribution in [2.24, 2.45) is 0 Å². The average molecular weight is 356 g/mol. The number of rotatable bonds is 5. The second-order valence-corrected chi connectivity index (χ2v) is 5.68. The van der Waals surface area contributed by atoms with Crippen LogP contribution in [0.15, 0.2) is 34.8 Å². The van der Waals surface area contributed by atoms with Crippen molar-refractivity contribution in [2.45, 2.75) is 20.5 Å². The minimum absolute atomic E-state index is 0.348. The van der Waals surface area contributed by atoms with Crippen molar-refractivity contribution in [3.8, 4) is 5.75 Å². The van der Waals surface area contributed by atoms with E-state index in [2.05, 4.69) is 26.2 Å². The minimum atomic E-state index is 0.348. The first kappa shape index (κ1) is 15.1. The van der Waals surface area contributed by atoms with Gasteiger partial charge in [0.05, 0.1) is 10.7 Å². The molecule has 20 heavy (non-hydrogen) atoms. The van der Waals surface area contributed by atoms with Gasteiger partial charge in [0.2, 0.25) is 0 Å². The van der Waals surface area contributed by atoms with Crippen LogP contribution in [0.5, 0.6) is 5.75 Å². The quantitative estimate of drug-likeness (QED) is 0.835. The smallest absolute Gasteiger partial charge is 0.132 e. The molecule has 5 heteroatoms. The van der Waals surface area contributed by atoms with Gasteiger partial charge in [0.25, 0.3) is 0 Å². The molecule has 106 valence electrons. The molecule has 0 atom stereocenters. The molecule has 2 aromatic rings. The molecule has 0 saturated carbocycles. The molecule has 2 rings (SSSR count). The molecule has 0 aliphatic heterocycles. The van der Waals surface area contributed by atoms with Gasteiger partial charge in [-0.1, -0.05) is 27.5 Å². The lowest BCUT2D eigenvalue weighted by Crippen LogP contribution is -2.04. The predicted octanol–water partition coefficient (Wildman–Crippen LogP) is 4.82. The highest BCUT2D eigenvalue weighted by Gasteiger charge is 2.06. The number of anilines is 1. The third-order valence-corrected chi connectivity index (χ3v) is 3.62. The second kappa shape index (κ2) is 6.95. The third kappa shape index (κ3) is 3.87. The molecule has 1 heterocycles. The first-order chi connectivity index (χ1) is 9.60. The van der Waals surface area contributed by atoms with Gasteiger partial charge in [0.1, 0.15) is 18.2 Å². The molecule has 0 spiro atoms. The fourth-order valence-electron chi connectivity index (χ4n) is 1.79. The van der Waals surface area contributed by atoms with Gasteiger partial charge in [-0.3, -0.25) is 0 Å². The maximum atomic E-state index is 6.15. The fraction of sp³-hybridized carbons (Fsp3) is 0.267. The molecule has 0 saturated heterocycles. The number of ether oxygens (including phenoxy) is 1. The van der Waals surface area contributed by atoms with Crippen LogP contribution in [0.3, 0.4) is 0 Å². The molecular formula is C15H16BrClN2O. The lowest BCUT2D eigenvalue weighted by molar-refractivity contribution is 0.299. The highest BCUT2D eigenvalue weighted by Crippen LogP contribution is 2.24. The number of nitrogens with zero attached hydrogens (tertiary/aromatic N) is 1. The third-order valence-electron chi connectivity index (χ3n) is 2.78. The van der Waals surface area contributed by atoms with Crippen molar-refractivity contribution in [1.29, 1.82) is 0 Å². The van der Waals surface area contributed by atoms with Crippen molar-refractivity contribution >= 4 is 33.3 Å². The van der Waals surface area contributed by atoms with Crippen LogP contribution in [0.2, 0.25) is 5.02 Å². The van der Waals surface area contributed by atoms with Crippen LogP contribution in [0.1, 0.15) is 18.2 Å². The van der Waals surface area contributed by atoms with Crippen LogP contribution in [0.25, 0.3) is 0 Å². The molecule has 3 nitrogen and oxygen atoms in total. The molecule has 0 bridgehead atoms. The van der Waals surface area contributed by atoms with E-state index in [9.17, 15) is 0 Å². The Morgan fingerprint density at radius 2 is 2.10 bits per heavy atom. The number of aryl methyl sites for hydroxylation is 1. The average Bonchev–Trinajstić information content (AvgIpc) is 2.41. The van der Waals surface area contributed by atoms with Crippen LogP contribution >= 0.6 is 27.5 Å². The van der Waals surface area contributed by atoms with E-state index in [0.29, 0.717) is 11.6 Å². The van der Waals surface area contributed by atoms with E-state index in [1.54, 1.807) is 0 Å². The molecule has 0 amide bonds. The Morgan fingerprint density at radius 1 is 1.30 bits per heavy atom. The largest absolute Gasteiger partial charge is 0.487 e. The van der Waals surface area contributed by atoms with Gasteiger partial charge >= 0.3 is 0 Å². The fourth-order valence-corrected chi connectivity index (χ4v) is 2.42. The van der Waals surface area contributed by atoms with Gasteiger partial charge < -0.3 is 10.1 Å². The summed E-state index contributed by atoms with van der Waals surface area (Å²) in [6, 6.07) is 9.59. The number of hydrogen-bond donors (Lipinski definition) is 1. The summed E-state index contributed by atoms with van der Waals surface area (Å²) in [7, 11) is 0. The number of nitrogens with one attached hydrogen (secondary N) is 1. The zero-order valence-corrected chi connectivity index (χ0v) is 13.8. The minimum Gasteiger partial charge on any atom is -0.487 e. The highest BCUT2D eigenvalue weighted by molar-refractivity contribution is 9.10. The molecular weight excluding hydrogens is 340 g/mol. The molecule has 0 aliphatic rings. The SMILES string of the molecule is CCNc1ccc(Cl)c(COc2ccc(Br)cc2C)n1.